The van der Waals surface area contributed by atoms with Crippen molar-refractivity contribution in [1.82, 2.24) is 5.01 Å². The molecule has 1 fully saturated rings. The number of hydrogen-bond acceptors (Lipinski definition) is 4. The highest BCUT2D eigenvalue weighted by Gasteiger charge is 2.06. The van der Waals surface area contributed by atoms with Crippen LogP contribution in [0.1, 0.15) is 5.56 Å². The van der Waals surface area contributed by atoms with Crippen molar-refractivity contribution in [3.05, 3.63) is 60.2 Å². The molecule has 0 radical (unpaired) electrons. The van der Waals surface area contributed by atoms with Crippen LogP contribution in [0, 0.1) is 0 Å². The van der Waals surface area contributed by atoms with E-state index in [1.165, 1.54) is 0 Å². The molecule has 1 aliphatic heterocycles. The van der Waals surface area contributed by atoms with Crippen molar-refractivity contribution < 1.29 is 4.74 Å². The van der Waals surface area contributed by atoms with Crippen LogP contribution in [-0.2, 0) is 4.74 Å². The van der Waals surface area contributed by atoms with Gasteiger partial charge in [-0.05, 0) is 29.8 Å². The van der Waals surface area contributed by atoms with E-state index in [0.29, 0.717) is 0 Å². The molecule has 1 saturated heterocycles. The lowest BCUT2D eigenvalue weighted by atomic mass is 10.2. The van der Waals surface area contributed by atoms with Crippen LogP contribution in [0.25, 0.3) is 0 Å². The third-order valence-corrected chi connectivity index (χ3v) is 3.33. The molecule has 108 valence electrons. The quantitative estimate of drug-likeness (QED) is 0.875. The van der Waals surface area contributed by atoms with E-state index >= 15 is 0 Å². The van der Waals surface area contributed by atoms with E-state index in [1.54, 1.807) is 0 Å². The van der Waals surface area contributed by atoms with Crippen LogP contribution in [0.4, 0.5) is 11.4 Å². The Morgan fingerprint density at radius 3 is 2.29 bits per heavy atom. The molecule has 0 atom stereocenters. The molecule has 1 heterocycles. The molecule has 0 bridgehead atoms. The van der Waals surface area contributed by atoms with Crippen LogP contribution in [-0.4, -0.2) is 37.5 Å². The van der Waals surface area contributed by atoms with Crippen LogP contribution in [0.5, 0.6) is 0 Å². The molecular weight excluding hydrogens is 262 g/mol. The average molecular weight is 281 g/mol. The Morgan fingerprint density at radius 2 is 1.57 bits per heavy atom. The minimum Gasteiger partial charge on any atom is -0.378 e. The molecule has 1 N–H and O–H groups in total. The van der Waals surface area contributed by atoms with Gasteiger partial charge in [0, 0.05) is 11.4 Å². The Bertz CT molecular complexity index is 575. The predicted octanol–water partition coefficient (Wildman–Crippen LogP) is 3.10. The van der Waals surface area contributed by atoms with Gasteiger partial charge in [0.25, 0.3) is 0 Å². The minimum atomic E-state index is 0.761. The number of para-hydroxylation sites is 1. The number of hydrogen-bond donors (Lipinski definition) is 1. The normalized spacial score (nSPS) is 15.3. The molecule has 0 amide bonds. The smallest absolute Gasteiger partial charge is 0.0659 e. The number of ether oxygens (including phenoxy) is 1. The summed E-state index contributed by atoms with van der Waals surface area (Å²) in [5.41, 5.74) is 3.26. The second-order valence-corrected chi connectivity index (χ2v) is 4.92. The van der Waals surface area contributed by atoms with Gasteiger partial charge in [0.15, 0.2) is 0 Å². The van der Waals surface area contributed by atoms with Gasteiger partial charge in [-0.15, -0.1) is 0 Å². The molecule has 0 aliphatic carbocycles. The zero-order valence-corrected chi connectivity index (χ0v) is 11.9. The fraction of sp³-hybridized carbons (Fsp3) is 0.235. The van der Waals surface area contributed by atoms with Gasteiger partial charge in [-0.3, -0.25) is 5.01 Å². The number of rotatable bonds is 4. The van der Waals surface area contributed by atoms with Gasteiger partial charge in [0.2, 0.25) is 0 Å². The number of nitrogens with one attached hydrogen (secondary N) is 1. The maximum absolute atomic E-state index is 5.30. The van der Waals surface area contributed by atoms with Gasteiger partial charge in [-0.1, -0.05) is 30.3 Å². The van der Waals surface area contributed by atoms with Crippen LogP contribution in [0.3, 0.4) is 0 Å². The standard InChI is InChI=1S/C17H19N3O/c1-2-4-16(5-3-1)19-17-8-6-15(7-9-17)14-18-20-10-12-21-13-11-20/h1-9,14,19H,10-13H2/b18-14-. The van der Waals surface area contributed by atoms with Crippen LogP contribution in [0.15, 0.2) is 59.7 Å². The van der Waals surface area contributed by atoms with Crippen LogP contribution in [0.2, 0.25) is 0 Å². The molecule has 2 aromatic carbocycles. The van der Waals surface area contributed by atoms with Crippen molar-refractivity contribution in [1.29, 1.82) is 0 Å². The lowest BCUT2D eigenvalue weighted by Gasteiger charge is -2.23. The average Bonchev–Trinajstić information content (AvgIpc) is 2.56. The van der Waals surface area contributed by atoms with Gasteiger partial charge in [0.05, 0.1) is 32.5 Å². The molecule has 21 heavy (non-hydrogen) atoms. The predicted molar refractivity (Wildman–Crippen MR) is 86.2 cm³/mol. The lowest BCUT2D eigenvalue weighted by molar-refractivity contribution is 0.0397. The van der Waals surface area contributed by atoms with E-state index in [-0.39, 0.29) is 0 Å². The third kappa shape index (κ3) is 4.07. The summed E-state index contributed by atoms with van der Waals surface area (Å²) in [5, 5.41) is 9.88. The second-order valence-electron chi connectivity index (χ2n) is 4.92. The van der Waals surface area contributed by atoms with Crippen molar-refractivity contribution in [2.45, 2.75) is 0 Å². The Hall–Kier alpha value is -2.33. The minimum absolute atomic E-state index is 0.761. The van der Waals surface area contributed by atoms with Crippen LogP contribution >= 0.6 is 0 Å². The number of anilines is 2. The molecule has 4 heteroatoms. The molecule has 2 aromatic rings. The molecule has 0 saturated carbocycles. The van der Waals surface area contributed by atoms with Crippen molar-refractivity contribution in [2.24, 2.45) is 5.10 Å². The van der Waals surface area contributed by atoms with Gasteiger partial charge in [-0.2, -0.15) is 5.10 Å². The summed E-state index contributed by atoms with van der Waals surface area (Å²) < 4.78 is 5.30. The molecule has 0 unspecified atom stereocenters. The molecule has 3 rings (SSSR count). The molecule has 1 aliphatic rings. The van der Waals surface area contributed by atoms with Crippen LogP contribution < -0.4 is 5.32 Å². The SMILES string of the molecule is C(=N/N1CCOCC1)/c1ccc(Nc2ccccc2)cc1. The summed E-state index contributed by atoms with van der Waals surface area (Å²) in [4.78, 5) is 0. The zero-order chi connectivity index (χ0) is 14.3. The first kappa shape index (κ1) is 13.6. The first-order chi connectivity index (χ1) is 10.4. The number of hydrazone groups is 1. The second kappa shape index (κ2) is 6.90. The molecular formula is C17H19N3O. The van der Waals surface area contributed by atoms with E-state index < -0.39 is 0 Å². The highest BCUT2D eigenvalue weighted by molar-refractivity contribution is 5.80. The van der Waals surface area contributed by atoms with E-state index in [4.69, 9.17) is 4.74 Å². The Morgan fingerprint density at radius 1 is 0.905 bits per heavy atom. The summed E-state index contributed by atoms with van der Waals surface area (Å²) >= 11 is 0. The Labute approximate surface area is 125 Å². The number of morpholine rings is 1. The monoisotopic (exact) mass is 281 g/mol. The van der Waals surface area contributed by atoms with Gasteiger partial charge in [0.1, 0.15) is 0 Å². The maximum atomic E-state index is 5.30. The summed E-state index contributed by atoms with van der Waals surface area (Å²) in [5.74, 6) is 0. The third-order valence-electron chi connectivity index (χ3n) is 3.33. The first-order valence-corrected chi connectivity index (χ1v) is 7.19. The van der Waals surface area contributed by atoms with Crippen molar-refractivity contribution in [3.63, 3.8) is 0 Å². The van der Waals surface area contributed by atoms with Gasteiger partial charge in [-0.25, -0.2) is 0 Å². The first-order valence-electron chi connectivity index (χ1n) is 7.19. The highest BCUT2D eigenvalue weighted by atomic mass is 16.5. The van der Waals surface area contributed by atoms with E-state index in [2.05, 4.69) is 34.7 Å². The molecule has 0 spiro atoms. The Balaban J connectivity index is 1.60. The maximum Gasteiger partial charge on any atom is 0.0659 e. The molecule has 4 nitrogen and oxygen atoms in total. The van der Waals surface area contributed by atoms with Gasteiger partial charge < -0.3 is 10.1 Å². The summed E-state index contributed by atoms with van der Waals surface area (Å²) in [6.07, 6.45) is 1.90. The fourth-order valence-electron chi connectivity index (χ4n) is 2.16. The number of benzene rings is 2. The highest BCUT2D eigenvalue weighted by Crippen LogP contribution is 2.16. The van der Waals surface area contributed by atoms with Gasteiger partial charge >= 0.3 is 0 Å². The van der Waals surface area contributed by atoms with E-state index in [1.807, 2.05) is 41.6 Å². The summed E-state index contributed by atoms with van der Waals surface area (Å²) in [6.45, 7) is 3.25. The number of nitrogens with zero attached hydrogens (tertiary/aromatic N) is 2. The zero-order valence-electron chi connectivity index (χ0n) is 11.9. The lowest BCUT2D eigenvalue weighted by Crippen LogP contribution is -2.32. The topological polar surface area (TPSA) is 36.9 Å². The van der Waals surface area contributed by atoms with E-state index in [9.17, 15) is 0 Å². The van der Waals surface area contributed by atoms with Crippen molar-refractivity contribution >= 4 is 17.6 Å². The summed E-state index contributed by atoms with van der Waals surface area (Å²) in [7, 11) is 0. The summed E-state index contributed by atoms with van der Waals surface area (Å²) in [6, 6.07) is 18.4. The molecule has 0 aromatic heterocycles. The Kier molecular flexibility index (Phi) is 4.49. The fourth-order valence-corrected chi connectivity index (χ4v) is 2.16. The largest absolute Gasteiger partial charge is 0.378 e. The van der Waals surface area contributed by atoms with Crippen molar-refractivity contribution in [3.8, 4) is 0 Å². The van der Waals surface area contributed by atoms with E-state index in [0.717, 1.165) is 43.2 Å². The van der Waals surface area contributed by atoms with Crippen molar-refractivity contribution in [2.75, 3.05) is 31.6 Å².